The summed E-state index contributed by atoms with van der Waals surface area (Å²) in [6.07, 6.45) is 3.81. The molecule has 1 fully saturated rings. The molecule has 338 valence electrons. The highest BCUT2D eigenvalue weighted by Gasteiger charge is 2.40. The number of carbonyl (C=O) groups is 4. The van der Waals surface area contributed by atoms with Crippen molar-refractivity contribution in [3.63, 3.8) is 0 Å². The molecule has 4 heterocycles. The first-order valence-corrected chi connectivity index (χ1v) is 22.6. The second-order valence-electron chi connectivity index (χ2n) is 17.6. The van der Waals surface area contributed by atoms with Crippen LogP contribution in [0, 0.1) is 0 Å². The Labute approximate surface area is 383 Å². The molecule has 1 unspecified atom stereocenters. The largest absolute Gasteiger partial charge is 0.457 e. The van der Waals surface area contributed by atoms with Gasteiger partial charge in [-0.05, 0) is 83.8 Å². The lowest BCUT2D eigenvalue weighted by Crippen LogP contribution is -2.49. The zero-order chi connectivity index (χ0) is 45.8. The molecule has 14 nitrogen and oxygen atoms in total. The molecule has 1 saturated heterocycles. The maximum absolute atomic E-state index is 14.1. The van der Waals surface area contributed by atoms with Crippen molar-refractivity contribution in [3.05, 3.63) is 149 Å². The number of benzene rings is 5. The van der Waals surface area contributed by atoms with Crippen LogP contribution in [0.2, 0.25) is 0 Å². The molecular weight excluding hydrogens is 833 g/mol. The van der Waals surface area contributed by atoms with E-state index in [1.165, 1.54) is 7.11 Å². The summed E-state index contributed by atoms with van der Waals surface area (Å²) in [6, 6.07) is 35.6. The predicted octanol–water partition coefficient (Wildman–Crippen LogP) is 7.72. The normalized spacial score (nSPS) is 17.9. The number of H-pyrrole nitrogens is 1. The molecule has 4 amide bonds. The summed E-state index contributed by atoms with van der Waals surface area (Å²) >= 11 is 0. The van der Waals surface area contributed by atoms with Gasteiger partial charge in [-0.3, -0.25) is 19.4 Å². The summed E-state index contributed by atoms with van der Waals surface area (Å²) in [5.41, 5.74) is 8.26. The third kappa shape index (κ3) is 8.95. The fourth-order valence-corrected chi connectivity index (χ4v) is 9.48. The van der Waals surface area contributed by atoms with Gasteiger partial charge in [0.2, 0.25) is 12.3 Å². The number of aliphatic imine (C=N–C) groups is 1. The van der Waals surface area contributed by atoms with Crippen LogP contribution in [0.4, 0.5) is 4.79 Å². The van der Waals surface area contributed by atoms with Crippen molar-refractivity contribution in [1.82, 2.24) is 36.1 Å². The van der Waals surface area contributed by atoms with Gasteiger partial charge in [0.15, 0.2) is 0 Å². The van der Waals surface area contributed by atoms with Gasteiger partial charge in [-0.15, -0.1) is 0 Å². The molecule has 0 bridgehead atoms. The van der Waals surface area contributed by atoms with Crippen LogP contribution in [0.5, 0.6) is 11.5 Å². The lowest BCUT2D eigenvalue weighted by molar-refractivity contribution is -0.133. The molecule has 0 aliphatic carbocycles. The number of imidazole rings is 1. The third-order valence-corrected chi connectivity index (χ3v) is 13.0. The van der Waals surface area contributed by atoms with Crippen LogP contribution in [0.1, 0.15) is 91.3 Å². The Bertz CT molecular complexity index is 2790. The van der Waals surface area contributed by atoms with Gasteiger partial charge in [-0.1, -0.05) is 98.8 Å². The number of ether oxygens (including phenoxy) is 2. The van der Waals surface area contributed by atoms with Gasteiger partial charge in [-0.25, -0.2) is 9.78 Å². The van der Waals surface area contributed by atoms with E-state index in [1.54, 1.807) is 0 Å². The van der Waals surface area contributed by atoms with Gasteiger partial charge in [0.05, 0.1) is 36.8 Å². The number of carbonyl (C=O) groups excluding carboxylic acids is 4. The molecule has 0 spiro atoms. The molecule has 9 rings (SSSR count). The zero-order valence-corrected chi connectivity index (χ0v) is 37.3. The summed E-state index contributed by atoms with van der Waals surface area (Å²) in [6.45, 7) is 6.05. The molecule has 0 saturated carbocycles. The van der Waals surface area contributed by atoms with E-state index in [1.807, 2.05) is 71.6 Å². The highest BCUT2D eigenvalue weighted by atomic mass is 16.5. The number of aromatic amines is 1. The van der Waals surface area contributed by atoms with Gasteiger partial charge < -0.3 is 40.6 Å². The minimum Gasteiger partial charge on any atom is -0.457 e. The minimum atomic E-state index is -0.876. The quantitative estimate of drug-likeness (QED) is 0.0514. The Balaban J connectivity index is 0.827. The lowest BCUT2D eigenvalue weighted by atomic mass is 9.74. The van der Waals surface area contributed by atoms with E-state index in [-0.39, 0.29) is 29.3 Å². The molecule has 6 aromatic rings. The number of alkyl carbamates (subject to hydrolysis) is 1. The monoisotopic (exact) mass is 886 g/mol. The standard InChI is InChI=1S/C52H54N8O6/c1-52(2)37-22-19-35(34-20-23-39-40(28-34)57-45(56-39)18-10-11-25-53-49(62)46(55-31-61)32-13-6-4-7-14-32)29-44(37)66-43-24-21-36(27-38(43)52)41-30-54-48(58-41)42-17-12-26-60(42)50(63)47(59-51(64)65-3)33-15-8-5-9-16-33/h4-9,13-16,19-24,27-29,31,41-42,46-47H,10-12,17-18,25-26,30H2,1-3H3,(H,53,62)(H,54,58)(H,55,61)(H,56,57)(H,59,64)/t41?,42-,46+,47+/m0/s1. The van der Waals surface area contributed by atoms with Crippen LogP contribution >= 0.6 is 0 Å². The summed E-state index contributed by atoms with van der Waals surface area (Å²) in [4.78, 5) is 65.4. The number of rotatable bonds is 15. The highest BCUT2D eigenvalue weighted by molar-refractivity contribution is 5.96. The maximum atomic E-state index is 14.1. The van der Waals surface area contributed by atoms with E-state index in [0.717, 1.165) is 99.7 Å². The maximum Gasteiger partial charge on any atom is 0.407 e. The van der Waals surface area contributed by atoms with Crippen LogP contribution in [0.3, 0.4) is 0 Å². The Hall–Kier alpha value is -7.48. The van der Waals surface area contributed by atoms with E-state index < -0.39 is 18.2 Å². The number of amides is 4. The molecule has 14 heteroatoms. The molecule has 3 aliphatic rings. The van der Waals surface area contributed by atoms with Crippen LogP contribution in [0.25, 0.3) is 22.2 Å². The molecular formula is C52H54N8O6. The predicted molar refractivity (Wildman–Crippen MR) is 252 cm³/mol. The number of aryl methyl sites for hydroxylation is 1. The first-order chi connectivity index (χ1) is 32.1. The van der Waals surface area contributed by atoms with E-state index in [0.29, 0.717) is 31.6 Å². The highest BCUT2D eigenvalue weighted by Crippen LogP contribution is 2.49. The Morgan fingerprint density at radius 2 is 1.62 bits per heavy atom. The van der Waals surface area contributed by atoms with Crippen LogP contribution in [0.15, 0.2) is 120 Å². The Kier molecular flexibility index (Phi) is 12.6. The zero-order valence-electron chi connectivity index (χ0n) is 37.3. The number of aromatic nitrogens is 2. The van der Waals surface area contributed by atoms with Gasteiger partial charge in [-0.2, -0.15) is 0 Å². The average Bonchev–Trinajstić information content (AvgIpc) is 4.13. The molecule has 5 N–H and O–H groups in total. The summed E-state index contributed by atoms with van der Waals surface area (Å²) in [5, 5.41) is 12.0. The van der Waals surface area contributed by atoms with E-state index in [4.69, 9.17) is 19.5 Å². The number of amidine groups is 1. The molecule has 0 radical (unpaired) electrons. The van der Waals surface area contributed by atoms with Gasteiger partial charge >= 0.3 is 6.09 Å². The summed E-state index contributed by atoms with van der Waals surface area (Å²) in [5.74, 6) is 2.87. The van der Waals surface area contributed by atoms with Crippen molar-refractivity contribution in [1.29, 1.82) is 0 Å². The number of unbranched alkanes of at least 4 members (excludes halogenated alkanes) is 1. The number of hydrogen-bond acceptors (Lipinski definition) is 9. The van der Waals surface area contributed by atoms with Crippen molar-refractivity contribution >= 4 is 41.2 Å². The minimum absolute atomic E-state index is 0.0721. The molecule has 3 aliphatic heterocycles. The van der Waals surface area contributed by atoms with Gasteiger partial charge in [0, 0.05) is 36.1 Å². The first kappa shape index (κ1) is 43.8. The fraction of sp³-hybridized carbons (Fsp3) is 0.308. The number of nitrogens with zero attached hydrogens (tertiary/aromatic N) is 3. The molecule has 4 atom stereocenters. The van der Waals surface area contributed by atoms with Crippen molar-refractivity contribution in [2.45, 2.75) is 75.5 Å². The van der Waals surface area contributed by atoms with Crippen molar-refractivity contribution < 1.29 is 28.7 Å². The third-order valence-electron chi connectivity index (χ3n) is 13.0. The number of fused-ring (bicyclic) bond motifs is 3. The van der Waals surface area contributed by atoms with Crippen molar-refractivity contribution in [3.8, 4) is 22.6 Å². The number of methoxy groups -OCH3 is 1. The van der Waals surface area contributed by atoms with E-state index in [9.17, 15) is 19.2 Å². The summed E-state index contributed by atoms with van der Waals surface area (Å²) in [7, 11) is 1.29. The lowest BCUT2D eigenvalue weighted by Gasteiger charge is -2.35. The molecule has 5 aromatic carbocycles. The second kappa shape index (κ2) is 18.9. The van der Waals surface area contributed by atoms with Crippen molar-refractivity contribution in [2.24, 2.45) is 4.99 Å². The Morgan fingerprint density at radius 3 is 2.38 bits per heavy atom. The second-order valence-corrected chi connectivity index (χ2v) is 17.6. The number of hydrogen-bond donors (Lipinski definition) is 5. The van der Waals surface area contributed by atoms with Gasteiger partial charge in [0.1, 0.15) is 35.2 Å². The van der Waals surface area contributed by atoms with E-state index in [2.05, 4.69) is 88.6 Å². The first-order valence-electron chi connectivity index (χ1n) is 22.6. The number of likely N-dealkylation sites (tertiary alicyclic amines) is 1. The topological polar surface area (TPSA) is 179 Å². The molecule has 66 heavy (non-hydrogen) atoms. The Morgan fingerprint density at radius 1 is 0.879 bits per heavy atom. The van der Waals surface area contributed by atoms with E-state index >= 15 is 0 Å². The van der Waals surface area contributed by atoms with Crippen LogP contribution in [-0.2, 0) is 31.0 Å². The number of nitrogens with one attached hydrogen (secondary N) is 5. The fourth-order valence-electron chi connectivity index (χ4n) is 9.48. The van der Waals surface area contributed by atoms with Crippen LogP contribution in [-0.4, -0.2) is 77.8 Å². The van der Waals surface area contributed by atoms with Gasteiger partial charge in [0.25, 0.3) is 5.91 Å². The average molecular weight is 887 g/mol. The smallest absolute Gasteiger partial charge is 0.407 e. The summed E-state index contributed by atoms with van der Waals surface area (Å²) < 4.78 is 11.5. The van der Waals surface area contributed by atoms with Crippen LogP contribution < -0.4 is 26.0 Å². The van der Waals surface area contributed by atoms with Crippen molar-refractivity contribution in [2.75, 3.05) is 26.7 Å². The SMILES string of the molecule is COC(=O)N[C@@H](C(=O)N1CCC[C@H]1C1=NCC(c2ccc3c(c2)C(C)(C)c2ccc(-c4ccc5nc(CCCCNC(=O)[C@H](NC=O)c6ccccc6)[nH]c5c4)cc2O3)N1)c1ccccc1. The molecule has 1 aromatic heterocycles.